The highest BCUT2D eigenvalue weighted by Gasteiger charge is 2.32. The molecule has 0 amide bonds. The van der Waals surface area contributed by atoms with Crippen molar-refractivity contribution in [3.8, 4) is 11.8 Å². The topological polar surface area (TPSA) is 26.3 Å². The van der Waals surface area contributed by atoms with E-state index in [4.69, 9.17) is 4.74 Å². The van der Waals surface area contributed by atoms with Crippen LogP contribution in [-0.2, 0) is 4.74 Å². The van der Waals surface area contributed by atoms with Crippen LogP contribution >= 0.6 is 0 Å². The first-order chi connectivity index (χ1) is 11.8. The summed E-state index contributed by atoms with van der Waals surface area (Å²) in [5.74, 6) is 6.68. The molecule has 1 aliphatic heterocycles. The van der Waals surface area contributed by atoms with E-state index in [0.29, 0.717) is 30.8 Å². The molecule has 0 bridgehead atoms. The summed E-state index contributed by atoms with van der Waals surface area (Å²) >= 11 is 0. The van der Waals surface area contributed by atoms with E-state index in [1.54, 1.807) is 0 Å². The number of carbonyl (C=O) groups excluding carboxylic acids is 1. The van der Waals surface area contributed by atoms with Crippen LogP contribution in [0.15, 0.2) is 60.7 Å². The van der Waals surface area contributed by atoms with Gasteiger partial charge in [0.2, 0.25) is 5.78 Å². The van der Waals surface area contributed by atoms with Gasteiger partial charge in [-0.15, -0.1) is 0 Å². The SMILES string of the molecule is O=C(C[N+]1(CC#Cc2ccccc2)CCOCC1)c1ccccc1. The van der Waals surface area contributed by atoms with Crippen LogP contribution in [0.4, 0.5) is 0 Å². The Hall–Kier alpha value is -2.41. The molecule has 0 aliphatic carbocycles. The zero-order valence-electron chi connectivity index (χ0n) is 13.8. The van der Waals surface area contributed by atoms with Crippen LogP contribution in [0.25, 0.3) is 0 Å². The predicted molar refractivity (Wildman–Crippen MR) is 94.6 cm³/mol. The maximum Gasteiger partial charge on any atom is 0.216 e. The van der Waals surface area contributed by atoms with Gasteiger partial charge in [0, 0.05) is 11.1 Å². The Morgan fingerprint density at radius 3 is 2.25 bits per heavy atom. The van der Waals surface area contributed by atoms with Crippen molar-refractivity contribution in [3.63, 3.8) is 0 Å². The van der Waals surface area contributed by atoms with E-state index >= 15 is 0 Å². The minimum absolute atomic E-state index is 0.180. The summed E-state index contributed by atoms with van der Waals surface area (Å²) in [6, 6.07) is 19.5. The van der Waals surface area contributed by atoms with Gasteiger partial charge in [-0.1, -0.05) is 54.5 Å². The van der Waals surface area contributed by atoms with Gasteiger partial charge in [-0.2, -0.15) is 0 Å². The minimum Gasteiger partial charge on any atom is -0.370 e. The van der Waals surface area contributed by atoms with Gasteiger partial charge in [0.05, 0.1) is 13.2 Å². The Balaban J connectivity index is 1.73. The molecule has 3 heteroatoms. The second-order valence-electron chi connectivity index (χ2n) is 6.17. The van der Waals surface area contributed by atoms with Gasteiger partial charge in [-0.05, 0) is 18.1 Å². The van der Waals surface area contributed by atoms with E-state index in [0.717, 1.165) is 24.2 Å². The Labute approximate surface area is 143 Å². The van der Waals surface area contributed by atoms with Crippen LogP contribution in [0.2, 0.25) is 0 Å². The number of Topliss-reactive ketones (excluding diaryl/α,β-unsaturated/α-hetero) is 1. The van der Waals surface area contributed by atoms with Crippen molar-refractivity contribution in [2.24, 2.45) is 0 Å². The molecule has 2 aromatic carbocycles. The third-order valence-electron chi connectivity index (χ3n) is 4.42. The first kappa shape index (κ1) is 16.4. The van der Waals surface area contributed by atoms with Crippen molar-refractivity contribution in [1.29, 1.82) is 0 Å². The number of quaternary nitrogens is 1. The molecule has 3 nitrogen and oxygen atoms in total. The van der Waals surface area contributed by atoms with Gasteiger partial charge < -0.3 is 9.22 Å². The molecule has 122 valence electrons. The highest BCUT2D eigenvalue weighted by molar-refractivity contribution is 5.96. The lowest BCUT2D eigenvalue weighted by Gasteiger charge is -2.39. The first-order valence-electron chi connectivity index (χ1n) is 8.32. The Morgan fingerprint density at radius 1 is 0.958 bits per heavy atom. The highest BCUT2D eigenvalue weighted by atomic mass is 16.5. The molecular weight excluding hydrogens is 298 g/mol. The fourth-order valence-electron chi connectivity index (χ4n) is 2.95. The van der Waals surface area contributed by atoms with Gasteiger partial charge in [0.15, 0.2) is 0 Å². The van der Waals surface area contributed by atoms with Gasteiger partial charge in [0.1, 0.15) is 26.2 Å². The number of morpholine rings is 1. The first-order valence-corrected chi connectivity index (χ1v) is 8.32. The molecule has 0 N–H and O–H groups in total. The van der Waals surface area contributed by atoms with E-state index < -0.39 is 0 Å². The van der Waals surface area contributed by atoms with E-state index in [9.17, 15) is 4.79 Å². The number of nitrogens with zero attached hydrogens (tertiary/aromatic N) is 1. The summed E-state index contributed by atoms with van der Waals surface area (Å²) in [4.78, 5) is 12.6. The average Bonchev–Trinajstić information content (AvgIpc) is 2.64. The summed E-state index contributed by atoms with van der Waals surface area (Å²) in [5, 5.41) is 0. The lowest BCUT2D eigenvalue weighted by atomic mass is 10.1. The van der Waals surface area contributed by atoms with Crippen LogP contribution < -0.4 is 0 Å². The van der Waals surface area contributed by atoms with Crippen LogP contribution in [-0.4, -0.2) is 49.7 Å². The molecule has 0 atom stereocenters. The Kier molecular flexibility index (Phi) is 5.43. The predicted octanol–water partition coefficient (Wildman–Crippen LogP) is 2.77. The van der Waals surface area contributed by atoms with E-state index in [-0.39, 0.29) is 5.78 Å². The molecule has 1 saturated heterocycles. The van der Waals surface area contributed by atoms with Crippen molar-refractivity contribution in [1.82, 2.24) is 0 Å². The van der Waals surface area contributed by atoms with Crippen LogP contribution in [0.3, 0.4) is 0 Å². The van der Waals surface area contributed by atoms with Crippen molar-refractivity contribution in [2.45, 2.75) is 0 Å². The van der Waals surface area contributed by atoms with Crippen LogP contribution in [0, 0.1) is 11.8 Å². The number of carbonyl (C=O) groups is 1. The molecule has 0 radical (unpaired) electrons. The molecule has 24 heavy (non-hydrogen) atoms. The maximum atomic E-state index is 12.6. The van der Waals surface area contributed by atoms with Crippen molar-refractivity contribution in [3.05, 3.63) is 71.8 Å². The number of ether oxygens (including phenoxy) is 1. The second kappa shape index (κ2) is 7.92. The molecule has 0 aromatic heterocycles. The average molecular weight is 320 g/mol. The summed E-state index contributed by atoms with van der Waals surface area (Å²) in [6.07, 6.45) is 0. The monoisotopic (exact) mass is 320 g/mol. The molecule has 0 spiro atoms. The molecule has 0 unspecified atom stereocenters. The van der Waals surface area contributed by atoms with Crippen LogP contribution in [0.5, 0.6) is 0 Å². The number of ketones is 1. The van der Waals surface area contributed by atoms with Crippen molar-refractivity contribution >= 4 is 5.78 Å². The largest absolute Gasteiger partial charge is 0.370 e. The molecule has 1 aliphatic rings. The standard InChI is InChI=1S/C21H22NO2/c23-21(20-11-5-2-6-12-20)18-22(14-16-24-17-15-22)13-7-10-19-8-3-1-4-9-19/h1-6,8-9,11-12H,13-18H2/q+1. The number of rotatable bonds is 4. The molecule has 0 saturated carbocycles. The lowest BCUT2D eigenvalue weighted by Crippen LogP contribution is -2.57. The smallest absolute Gasteiger partial charge is 0.216 e. The third kappa shape index (κ3) is 4.32. The Bertz CT molecular complexity index is 723. The van der Waals surface area contributed by atoms with E-state index in [1.807, 2.05) is 60.7 Å². The normalized spacial score (nSPS) is 16.0. The summed E-state index contributed by atoms with van der Waals surface area (Å²) in [5.41, 5.74) is 1.79. The number of hydrogen-bond donors (Lipinski definition) is 0. The van der Waals surface area contributed by atoms with E-state index in [1.165, 1.54) is 0 Å². The van der Waals surface area contributed by atoms with Crippen molar-refractivity contribution in [2.75, 3.05) is 39.4 Å². The Morgan fingerprint density at radius 2 is 1.58 bits per heavy atom. The molecule has 2 aromatic rings. The van der Waals surface area contributed by atoms with Gasteiger partial charge in [-0.25, -0.2) is 0 Å². The number of benzene rings is 2. The van der Waals surface area contributed by atoms with Crippen molar-refractivity contribution < 1.29 is 14.0 Å². The number of hydrogen-bond acceptors (Lipinski definition) is 2. The summed E-state index contributed by atoms with van der Waals surface area (Å²) in [6.45, 7) is 4.21. The van der Waals surface area contributed by atoms with E-state index in [2.05, 4.69) is 11.8 Å². The van der Waals surface area contributed by atoms with Gasteiger partial charge in [0.25, 0.3) is 0 Å². The second-order valence-corrected chi connectivity index (χ2v) is 6.17. The molecule has 1 heterocycles. The van der Waals surface area contributed by atoms with Crippen LogP contribution in [0.1, 0.15) is 15.9 Å². The zero-order chi connectivity index (χ0) is 16.7. The summed E-state index contributed by atoms with van der Waals surface area (Å²) < 4.78 is 6.19. The molecular formula is C21H22NO2+. The summed E-state index contributed by atoms with van der Waals surface area (Å²) in [7, 11) is 0. The maximum absolute atomic E-state index is 12.6. The molecule has 1 fully saturated rings. The third-order valence-corrected chi connectivity index (χ3v) is 4.42. The minimum atomic E-state index is 0.180. The quantitative estimate of drug-likeness (QED) is 0.492. The highest BCUT2D eigenvalue weighted by Crippen LogP contribution is 2.14. The van der Waals surface area contributed by atoms with Gasteiger partial charge in [-0.3, -0.25) is 4.79 Å². The fourth-order valence-corrected chi connectivity index (χ4v) is 2.95. The fraction of sp³-hybridized carbons (Fsp3) is 0.286. The molecule has 3 rings (SSSR count). The zero-order valence-corrected chi connectivity index (χ0v) is 13.8. The lowest BCUT2D eigenvalue weighted by molar-refractivity contribution is -0.920. The van der Waals surface area contributed by atoms with Gasteiger partial charge >= 0.3 is 0 Å².